The number of piperazine rings is 1. The average molecular weight is 276 g/mol. The molecule has 5 heteroatoms. The number of nitrogens with two attached hydrogens (primary N) is 1. The molecular weight excluding hydrogens is 256 g/mol. The van der Waals surface area contributed by atoms with E-state index >= 15 is 0 Å². The molecule has 2 aliphatic heterocycles. The Bertz CT molecular complexity index is 473. The fourth-order valence-electron chi connectivity index (χ4n) is 3.25. The molecule has 3 heterocycles. The van der Waals surface area contributed by atoms with E-state index in [9.17, 15) is 0 Å². The Balaban J connectivity index is 1.79. The lowest BCUT2D eigenvalue weighted by Gasteiger charge is -2.43. The second kappa shape index (κ2) is 5.06. The van der Waals surface area contributed by atoms with Crippen LogP contribution in [0.3, 0.4) is 0 Å². The molecule has 0 aliphatic carbocycles. The number of pyridine rings is 1. The van der Waals surface area contributed by atoms with Gasteiger partial charge >= 0.3 is 0 Å². The van der Waals surface area contributed by atoms with Gasteiger partial charge in [0.2, 0.25) is 0 Å². The molecule has 1 aromatic heterocycles. The monoisotopic (exact) mass is 276 g/mol. The van der Waals surface area contributed by atoms with Gasteiger partial charge in [-0.25, -0.2) is 0 Å². The number of nitrogens with zero attached hydrogens (tertiary/aromatic N) is 3. The topological polar surface area (TPSA) is 45.4 Å². The summed E-state index contributed by atoms with van der Waals surface area (Å²) in [5.74, 6) is 0. The van der Waals surface area contributed by atoms with E-state index in [4.69, 9.17) is 18.0 Å². The molecule has 2 N–H and O–H groups in total. The molecule has 4 nitrogen and oxygen atoms in total. The maximum atomic E-state index is 5.59. The van der Waals surface area contributed by atoms with Crippen LogP contribution in [0.25, 0.3) is 0 Å². The van der Waals surface area contributed by atoms with Crippen molar-refractivity contribution in [3.8, 4) is 0 Å². The minimum atomic E-state index is 0.361. The molecule has 2 saturated heterocycles. The van der Waals surface area contributed by atoms with Gasteiger partial charge in [0, 0.05) is 25.2 Å². The summed E-state index contributed by atoms with van der Waals surface area (Å²) in [4.78, 5) is 9.80. The third-order valence-corrected chi connectivity index (χ3v) is 4.48. The zero-order chi connectivity index (χ0) is 13.4. The van der Waals surface area contributed by atoms with Crippen LogP contribution >= 0.6 is 12.2 Å². The van der Waals surface area contributed by atoms with E-state index in [2.05, 4.69) is 27.8 Å². The summed E-state index contributed by atoms with van der Waals surface area (Å²) in [5.41, 5.74) is 7.47. The predicted molar refractivity (Wildman–Crippen MR) is 81.5 cm³/mol. The van der Waals surface area contributed by atoms with Gasteiger partial charge in [-0.05, 0) is 38.4 Å². The molecule has 0 aromatic carbocycles. The Morgan fingerprint density at radius 1 is 1.42 bits per heavy atom. The van der Waals surface area contributed by atoms with E-state index < -0.39 is 0 Å². The van der Waals surface area contributed by atoms with Crippen LogP contribution in [0.1, 0.15) is 25.5 Å². The number of rotatable bonds is 2. The van der Waals surface area contributed by atoms with E-state index in [1.807, 2.05) is 12.3 Å². The number of hydrogen-bond acceptors (Lipinski definition) is 4. The predicted octanol–water partition coefficient (Wildman–Crippen LogP) is 1.39. The smallest absolute Gasteiger partial charge is 0.122 e. The van der Waals surface area contributed by atoms with Crippen molar-refractivity contribution in [2.24, 2.45) is 5.73 Å². The van der Waals surface area contributed by atoms with Gasteiger partial charge in [-0.3, -0.25) is 9.88 Å². The zero-order valence-corrected chi connectivity index (χ0v) is 12.1. The van der Waals surface area contributed by atoms with Crippen LogP contribution in [0, 0.1) is 0 Å². The number of hydrogen-bond donors (Lipinski definition) is 1. The summed E-state index contributed by atoms with van der Waals surface area (Å²) in [6, 6.07) is 5.26. The van der Waals surface area contributed by atoms with Crippen LogP contribution in [0.2, 0.25) is 0 Å². The van der Waals surface area contributed by atoms with E-state index in [1.54, 1.807) is 0 Å². The summed E-state index contributed by atoms with van der Waals surface area (Å²) in [6.07, 6.45) is 4.56. The molecule has 0 bridgehead atoms. The van der Waals surface area contributed by atoms with Gasteiger partial charge in [0.1, 0.15) is 4.99 Å². The van der Waals surface area contributed by atoms with Crippen molar-refractivity contribution in [3.63, 3.8) is 0 Å². The Kier molecular flexibility index (Phi) is 3.41. The van der Waals surface area contributed by atoms with Crippen molar-refractivity contribution >= 4 is 22.9 Å². The Morgan fingerprint density at radius 3 is 2.95 bits per heavy atom. The minimum Gasteiger partial charge on any atom is -0.388 e. The number of fused-ring (bicyclic) bond motifs is 1. The quantitative estimate of drug-likeness (QED) is 0.827. The lowest BCUT2D eigenvalue weighted by Crippen LogP contribution is -2.55. The van der Waals surface area contributed by atoms with Crippen LogP contribution in [-0.4, -0.2) is 46.6 Å². The zero-order valence-electron chi connectivity index (χ0n) is 11.2. The summed E-state index contributed by atoms with van der Waals surface area (Å²) in [7, 11) is 0. The molecule has 2 unspecified atom stereocenters. The molecule has 19 heavy (non-hydrogen) atoms. The first-order chi connectivity index (χ1) is 9.15. The van der Waals surface area contributed by atoms with Crippen molar-refractivity contribution in [2.75, 3.05) is 24.5 Å². The van der Waals surface area contributed by atoms with Crippen LogP contribution in [0.5, 0.6) is 0 Å². The number of anilines is 1. The second-order valence-electron chi connectivity index (χ2n) is 5.56. The molecular formula is C14H20N4S. The fraction of sp³-hybridized carbons (Fsp3) is 0.571. The first-order valence-corrected chi connectivity index (χ1v) is 7.32. The van der Waals surface area contributed by atoms with Crippen molar-refractivity contribution < 1.29 is 0 Å². The summed E-state index contributed by atoms with van der Waals surface area (Å²) in [6.45, 7) is 5.81. The molecule has 0 saturated carbocycles. The van der Waals surface area contributed by atoms with Crippen molar-refractivity contribution in [2.45, 2.75) is 31.8 Å². The van der Waals surface area contributed by atoms with Crippen molar-refractivity contribution in [1.82, 2.24) is 9.88 Å². The third-order valence-electron chi connectivity index (χ3n) is 4.27. The van der Waals surface area contributed by atoms with Crippen LogP contribution in [0.15, 0.2) is 18.3 Å². The standard InChI is InChI=1S/C14H20N4S/c1-10-8-17-6-2-3-12(17)9-18(10)11-4-5-13(14(15)19)16-7-11/h4-5,7,10,12H,2-3,6,8-9H2,1H3,(H2,15,19). The molecule has 2 fully saturated rings. The van der Waals surface area contributed by atoms with Crippen molar-refractivity contribution in [3.05, 3.63) is 24.0 Å². The summed E-state index contributed by atoms with van der Waals surface area (Å²) < 4.78 is 0. The molecule has 2 atom stereocenters. The molecule has 1 aromatic rings. The average Bonchev–Trinajstić information content (AvgIpc) is 2.85. The summed E-state index contributed by atoms with van der Waals surface area (Å²) >= 11 is 4.94. The van der Waals surface area contributed by atoms with Crippen LogP contribution in [-0.2, 0) is 0 Å². The Labute approximate surface area is 119 Å². The molecule has 102 valence electrons. The Morgan fingerprint density at radius 2 is 2.26 bits per heavy atom. The van der Waals surface area contributed by atoms with Crippen LogP contribution in [0.4, 0.5) is 5.69 Å². The van der Waals surface area contributed by atoms with E-state index in [-0.39, 0.29) is 0 Å². The lowest BCUT2D eigenvalue weighted by atomic mass is 10.1. The SMILES string of the molecule is CC1CN2CCCC2CN1c1ccc(C(N)=S)nc1. The van der Waals surface area contributed by atoms with Gasteiger partial charge in [0.05, 0.1) is 17.6 Å². The molecule has 3 rings (SSSR count). The molecule has 0 radical (unpaired) electrons. The van der Waals surface area contributed by atoms with Gasteiger partial charge in [0.25, 0.3) is 0 Å². The minimum absolute atomic E-state index is 0.361. The van der Waals surface area contributed by atoms with Gasteiger partial charge in [-0.2, -0.15) is 0 Å². The highest BCUT2D eigenvalue weighted by molar-refractivity contribution is 7.80. The van der Waals surface area contributed by atoms with Crippen molar-refractivity contribution in [1.29, 1.82) is 0 Å². The van der Waals surface area contributed by atoms with E-state index in [0.29, 0.717) is 22.8 Å². The van der Waals surface area contributed by atoms with Gasteiger partial charge in [-0.1, -0.05) is 12.2 Å². The fourth-order valence-corrected chi connectivity index (χ4v) is 3.37. The maximum absolute atomic E-state index is 5.59. The first kappa shape index (κ1) is 12.8. The summed E-state index contributed by atoms with van der Waals surface area (Å²) in [5, 5.41) is 0. The van der Waals surface area contributed by atoms with Gasteiger partial charge in [-0.15, -0.1) is 0 Å². The largest absolute Gasteiger partial charge is 0.388 e. The highest BCUT2D eigenvalue weighted by Crippen LogP contribution is 2.28. The van der Waals surface area contributed by atoms with E-state index in [0.717, 1.165) is 13.1 Å². The van der Waals surface area contributed by atoms with Gasteiger partial charge in [0.15, 0.2) is 0 Å². The molecule has 0 amide bonds. The van der Waals surface area contributed by atoms with Gasteiger partial charge < -0.3 is 10.6 Å². The number of aromatic nitrogens is 1. The van der Waals surface area contributed by atoms with Crippen LogP contribution < -0.4 is 10.6 Å². The maximum Gasteiger partial charge on any atom is 0.122 e. The normalized spacial score (nSPS) is 27.3. The first-order valence-electron chi connectivity index (χ1n) is 6.91. The second-order valence-corrected chi connectivity index (χ2v) is 6.00. The highest BCUT2D eigenvalue weighted by Gasteiger charge is 2.34. The highest BCUT2D eigenvalue weighted by atomic mass is 32.1. The van der Waals surface area contributed by atoms with E-state index in [1.165, 1.54) is 25.1 Å². The number of thiocarbonyl (C=S) groups is 1. The third kappa shape index (κ3) is 2.44. The molecule has 0 spiro atoms. The molecule has 2 aliphatic rings. The Hall–Kier alpha value is -1.20. The lowest BCUT2D eigenvalue weighted by molar-refractivity contribution is 0.203.